The second-order valence-corrected chi connectivity index (χ2v) is 20.1. The van der Waals surface area contributed by atoms with E-state index in [0.717, 1.165) is 128 Å². The monoisotopic (exact) mass is 1080 g/mol. The van der Waals surface area contributed by atoms with Gasteiger partial charge < -0.3 is 50.4 Å². The molecule has 76 heavy (non-hydrogen) atoms. The van der Waals surface area contributed by atoms with Crippen molar-refractivity contribution >= 4 is 59.2 Å². The minimum absolute atomic E-state index is 0.00101. The molecule has 0 aromatic heterocycles. The van der Waals surface area contributed by atoms with Gasteiger partial charge in [-0.25, -0.2) is 4.79 Å². The molecule has 0 aliphatic rings. The topological polar surface area (TPSA) is 327 Å². The van der Waals surface area contributed by atoms with E-state index in [9.17, 15) is 58.2 Å². The number of aliphatic carboxylic acids is 4. The number of esters is 2. The number of Topliss-reactive ketones (excluding diaryl/α,β-unsaturated/α-hetero) is 2. The van der Waals surface area contributed by atoms with Crippen molar-refractivity contribution in [3.8, 4) is 0 Å². The van der Waals surface area contributed by atoms with Gasteiger partial charge in [0.15, 0.2) is 11.6 Å². The minimum atomic E-state index is -2.05. The van der Waals surface area contributed by atoms with Crippen LogP contribution in [0.15, 0.2) is 0 Å². The highest BCUT2D eigenvalue weighted by Gasteiger charge is 2.39. The fraction of sp³-hybridized carbons (Fsp3) is 0.821. The van der Waals surface area contributed by atoms with Gasteiger partial charge in [0.05, 0.1) is 19.3 Å². The van der Waals surface area contributed by atoms with Gasteiger partial charge in [-0.15, -0.1) is 0 Å². The Hall–Kier alpha value is -4.98. The average Bonchev–Trinajstić information content (AvgIpc) is 3.36. The van der Waals surface area contributed by atoms with Crippen LogP contribution in [0.2, 0.25) is 0 Å². The Morgan fingerprint density at radius 2 is 0.829 bits per heavy atom. The third-order valence-electron chi connectivity index (χ3n) is 13.5. The molecule has 0 saturated heterocycles. The van der Waals surface area contributed by atoms with Gasteiger partial charge in [0, 0.05) is 57.5 Å². The van der Waals surface area contributed by atoms with Gasteiger partial charge in [-0.3, -0.25) is 43.2 Å². The highest BCUT2D eigenvalue weighted by atomic mass is 16.6. The lowest BCUT2D eigenvalue weighted by atomic mass is 9.86. The lowest BCUT2D eigenvalue weighted by Crippen LogP contribution is -2.46. The van der Waals surface area contributed by atoms with Crippen LogP contribution in [0.5, 0.6) is 0 Å². The number of carboxylic acids is 4. The normalized spacial score (nSPS) is 13.2. The summed E-state index contributed by atoms with van der Waals surface area (Å²) in [6.07, 6.45) is 18.7. The molecule has 0 heterocycles. The number of primary amides is 1. The number of unbranched alkanes of at least 4 members (excludes halogenated alkanes) is 22. The van der Waals surface area contributed by atoms with Gasteiger partial charge in [0.1, 0.15) is 6.61 Å². The number of nitrogens with two attached hydrogens (primary N) is 1. The van der Waals surface area contributed by atoms with E-state index >= 15 is 0 Å². The van der Waals surface area contributed by atoms with Crippen molar-refractivity contribution in [1.29, 1.82) is 0 Å². The summed E-state index contributed by atoms with van der Waals surface area (Å²) >= 11 is 0. The summed E-state index contributed by atoms with van der Waals surface area (Å²) in [5, 5.41) is 39.3. The molecule has 2 amide bonds. The molecule has 7 N–H and O–H groups in total. The van der Waals surface area contributed by atoms with Gasteiger partial charge in [-0.2, -0.15) is 0 Å². The Bertz CT molecular complexity index is 1670. The van der Waals surface area contributed by atoms with Crippen LogP contribution in [0.1, 0.15) is 239 Å². The third-order valence-corrected chi connectivity index (χ3v) is 13.5. The van der Waals surface area contributed by atoms with Gasteiger partial charge in [0.25, 0.3) is 0 Å². The van der Waals surface area contributed by atoms with E-state index < -0.39 is 90.0 Å². The standard InChI is InChI=1S/C56H96N2O18/c1-3-42(2)43(55(57)70)34-36-45(59)44(35-37-50(66)67)58-47(61)41-74-40-39-73-38-28-29-46(60)53(75-51(68)32-26-22-18-14-10-6-4-8-12-16-20-24-30-48(62)63)54(56(71)72)76-52(69)33-27-23-19-15-11-7-5-9-13-17-21-25-31-49(64)65/h42-44,53-54H,3-41H2,1-2H3,(H2,57,70)(H,58,61)(H,62,63)(H,64,65)(H,66,67)(H,71,72)/t42?,43?,44-,53-,54+/m0/s1. The number of carbonyl (C=O) groups excluding carboxylic acids is 6. The molecule has 0 spiro atoms. The Morgan fingerprint density at radius 1 is 0.434 bits per heavy atom. The molecule has 0 aliphatic heterocycles. The van der Waals surface area contributed by atoms with Gasteiger partial charge in [-0.1, -0.05) is 149 Å². The number of carbonyl (C=O) groups is 10. The lowest BCUT2D eigenvalue weighted by Gasteiger charge is -2.23. The maximum absolute atomic E-state index is 13.5. The van der Waals surface area contributed by atoms with Crippen molar-refractivity contribution in [2.45, 2.75) is 257 Å². The number of rotatable bonds is 55. The van der Waals surface area contributed by atoms with Crippen molar-refractivity contribution in [3.05, 3.63) is 0 Å². The molecule has 0 aliphatic carbocycles. The van der Waals surface area contributed by atoms with Crippen molar-refractivity contribution in [2.75, 3.05) is 26.4 Å². The number of amides is 2. The summed E-state index contributed by atoms with van der Waals surface area (Å²) in [5.41, 5.74) is 5.52. The molecule has 20 heteroatoms. The Morgan fingerprint density at radius 3 is 1.22 bits per heavy atom. The molecule has 0 saturated carbocycles. The van der Waals surface area contributed by atoms with Crippen LogP contribution in [-0.4, -0.2) is 124 Å². The Labute approximate surface area is 451 Å². The van der Waals surface area contributed by atoms with Crippen LogP contribution >= 0.6 is 0 Å². The van der Waals surface area contributed by atoms with Crippen LogP contribution in [-0.2, 0) is 66.9 Å². The second-order valence-electron chi connectivity index (χ2n) is 20.1. The first-order chi connectivity index (χ1) is 36.4. The van der Waals surface area contributed by atoms with Crippen molar-refractivity contribution < 1.29 is 87.3 Å². The van der Waals surface area contributed by atoms with Crippen molar-refractivity contribution in [2.24, 2.45) is 17.6 Å². The van der Waals surface area contributed by atoms with E-state index in [1.807, 2.05) is 13.8 Å². The van der Waals surface area contributed by atoms with Crippen LogP contribution in [0.25, 0.3) is 0 Å². The number of carboxylic acid groups (broad SMARTS) is 4. The average molecular weight is 1090 g/mol. The number of hydrogen-bond acceptors (Lipinski definition) is 14. The van der Waals surface area contributed by atoms with E-state index in [0.29, 0.717) is 32.1 Å². The molecule has 0 bridgehead atoms. The molecule has 0 radical (unpaired) electrons. The predicted molar refractivity (Wildman–Crippen MR) is 283 cm³/mol. The molecule has 438 valence electrons. The van der Waals surface area contributed by atoms with E-state index in [-0.39, 0.29) is 89.9 Å². The summed E-state index contributed by atoms with van der Waals surface area (Å²) in [6, 6.07) is -1.11. The fourth-order valence-electron chi connectivity index (χ4n) is 8.72. The van der Waals surface area contributed by atoms with Crippen LogP contribution < -0.4 is 11.1 Å². The van der Waals surface area contributed by atoms with Gasteiger partial charge >= 0.3 is 35.8 Å². The quantitative estimate of drug-likeness (QED) is 0.0244. The number of ketones is 2. The summed E-state index contributed by atoms with van der Waals surface area (Å²) in [4.78, 5) is 122. The summed E-state index contributed by atoms with van der Waals surface area (Å²) in [7, 11) is 0. The third kappa shape index (κ3) is 41.2. The highest BCUT2D eigenvalue weighted by molar-refractivity contribution is 5.92. The number of nitrogens with one attached hydrogen (secondary N) is 1. The molecule has 2 unspecified atom stereocenters. The van der Waals surface area contributed by atoms with E-state index in [1.165, 1.54) is 0 Å². The van der Waals surface area contributed by atoms with Crippen LogP contribution in [0.4, 0.5) is 0 Å². The minimum Gasteiger partial charge on any atom is -0.481 e. The van der Waals surface area contributed by atoms with E-state index in [1.54, 1.807) is 0 Å². The number of ether oxygens (including phenoxy) is 4. The molecule has 20 nitrogen and oxygen atoms in total. The Balaban J connectivity index is 5.11. The Kier molecular flexibility index (Phi) is 44.2. The predicted octanol–water partition coefficient (Wildman–Crippen LogP) is 9.22. The van der Waals surface area contributed by atoms with Crippen LogP contribution in [0, 0.1) is 11.8 Å². The zero-order valence-corrected chi connectivity index (χ0v) is 46.0. The van der Waals surface area contributed by atoms with E-state index in [2.05, 4.69) is 5.32 Å². The zero-order chi connectivity index (χ0) is 56.8. The molecule has 0 rings (SSSR count). The van der Waals surface area contributed by atoms with Gasteiger partial charge in [-0.05, 0) is 50.9 Å². The second kappa shape index (κ2) is 47.3. The van der Waals surface area contributed by atoms with Crippen molar-refractivity contribution in [3.63, 3.8) is 0 Å². The zero-order valence-electron chi connectivity index (χ0n) is 46.0. The first kappa shape index (κ1) is 71.0. The highest BCUT2D eigenvalue weighted by Crippen LogP contribution is 2.22. The lowest BCUT2D eigenvalue weighted by molar-refractivity contribution is -0.182. The molecular weight excluding hydrogens is 989 g/mol. The molecule has 0 aromatic carbocycles. The molecule has 0 fully saturated rings. The first-order valence-electron chi connectivity index (χ1n) is 28.5. The van der Waals surface area contributed by atoms with Crippen molar-refractivity contribution in [1.82, 2.24) is 5.32 Å². The molecule has 0 aromatic rings. The SMILES string of the molecule is CCC(C)C(CCC(=O)[C@H](CCC(=O)O)NC(=O)COCCOCCCC(=O)[C@H](OC(=O)CCCCCCCCCCCCCCC(=O)O)[C@@H](OC(=O)CCCCCCCCCCCCCCC(=O)O)C(=O)O)C(N)=O. The first-order valence-corrected chi connectivity index (χ1v) is 28.5. The van der Waals surface area contributed by atoms with Gasteiger partial charge in [0.2, 0.25) is 24.0 Å². The molecule has 5 atom stereocenters. The summed E-state index contributed by atoms with van der Waals surface area (Å²) < 4.78 is 21.7. The summed E-state index contributed by atoms with van der Waals surface area (Å²) in [5.74, 6) is -8.93. The van der Waals surface area contributed by atoms with E-state index in [4.69, 9.17) is 34.9 Å². The largest absolute Gasteiger partial charge is 0.481 e. The number of hydrogen-bond donors (Lipinski definition) is 6. The maximum Gasteiger partial charge on any atom is 0.349 e. The maximum atomic E-state index is 13.5. The summed E-state index contributed by atoms with van der Waals surface area (Å²) in [6.45, 7) is 3.18. The smallest absolute Gasteiger partial charge is 0.349 e. The molecular formula is C56H96N2O18. The van der Waals surface area contributed by atoms with Crippen LogP contribution in [0.3, 0.4) is 0 Å². The fourth-order valence-corrected chi connectivity index (χ4v) is 8.72.